The monoisotopic (exact) mass is 456 g/mol. The summed E-state index contributed by atoms with van der Waals surface area (Å²) in [4.78, 5) is 10.1. The first-order valence-corrected chi connectivity index (χ1v) is 5.44. The van der Waals surface area contributed by atoms with Crippen molar-refractivity contribution >= 4 is 11.9 Å². The van der Waals surface area contributed by atoms with Gasteiger partial charge in [0.2, 0.25) is 0 Å². The largest absolute Gasteiger partial charge is 2.00 e. The van der Waals surface area contributed by atoms with Crippen LogP contribution in [0.25, 0.3) is 5.57 Å². The molecule has 92 valence electrons. The van der Waals surface area contributed by atoms with Gasteiger partial charge in [-0.3, -0.25) is 6.29 Å². The van der Waals surface area contributed by atoms with E-state index in [0.29, 0.717) is 6.42 Å². The van der Waals surface area contributed by atoms with Crippen molar-refractivity contribution in [3.63, 3.8) is 0 Å². The van der Waals surface area contributed by atoms with Gasteiger partial charge < -0.3 is 12.2 Å². The predicted molar refractivity (Wildman–Crippen MR) is 72.8 cm³/mol. The van der Waals surface area contributed by atoms with Gasteiger partial charge in [0.15, 0.2) is 0 Å². The van der Waals surface area contributed by atoms with Crippen LogP contribution in [0.3, 0.4) is 0 Å². The zero-order valence-electron chi connectivity index (χ0n) is 11.3. The van der Waals surface area contributed by atoms with E-state index < -0.39 is 0 Å². The van der Waals surface area contributed by atoms with Crippen LogP contribution < -0.4 is 0 Å². The molecule has 2 heteroatoms. The summed E-state index contributed by atoms with van der Waals surface area (Å²) in [6.07, 6.45) is 5.22. The second-order valence-corrected chi connectivity index (χ2v) is 2.82. The Labute approximate surface area is 130 Å². The Morgan fingerprint density at radius 1 is 1.24 bits per heavy atom. The summed E-state index contributed by atoms with van der Waals surface area (Å²) in [5.41, 5.74) is 2.41. The summed E-state index contributed by atoms with van der Waals surface area (Å²) in [7, 11) is 0. The van der Waals surface area contributed by atoms with Crippen LogP contribution in [0.4, 0.5) is 0 Å². The molecule has 0 heterocycles. The van der Waals surface area contributed by atoms with Crippen LogP contribution in [0, 0.1) is 38.5 Å². The molecule has 0 atom stereocenters. The molecular weight excluding hydrogens is 434 g/mol. The van der Waals surface area contributed by atoms with E-state index in [4.69, 9.17) is 0 Å². The third kappa shape index (κ3) is 9.39. The molecule has 0 radical (unpaired) electrons. The molecule has 0 aromatic heterocycles. The average molecular weight is 456 g/mol. The van der Waals surface area contributed by atoms with Gasteiger partial charge in [-0.2, -0.15) is 0 Å². The maximum atomic E-state index is 10.1. The quantitative estimate of drug-likeness (QED) is 0.612. The first-order valence-electron chi connectivity index (χ1n) is 5.44. The Bertz CT molecular complexity index is 291. The molecule has 0 amide bonds. The first kappa shape index (κ1) is 21.9. The normalized spacial score (nSPS) is 9.00. The van der Waals surface area contributed by atoms with E-state index in [1.807, 2.05) is 51.3 Å². The number of benzene rings is 1. The second-order valence-electron chi connectivity index (χ2n) is 2.82. The second kappa shape index (κ2) is 15.7. The van der Waals surface area contributed by atoms with E-state index in [0.717, 1.165) is 6.42 Å². The molecule has 0 fully saturated rings. The minimum absolute atomic E-state index is 0. The van der Waals surface area contributed by atoms with E-state index in [1.54, 1.807) is 0 Å². The smallest absolute Gasteiger partial charge is 0.542 e. The fourth-order valence-electron chi connectivity index (χ4n) is 1.29. The van der Waals surface area contributed by atoms with Gasteiger partial charge >= 0.3 is 31.1 Å². The Morgan fingerprint density at radius 3 is 2.18 bits per heavy atom. The third-order valence-corrected chi connectivity index (χ3v) is 1.99. The van der Waals surface area contributed by atoms with Crippen molar-refractivity contribution in [3.05, 3.63) is 49.4 Å². The van der Waals surface area contributed by atoms with Crippen LogP contribution in [0.1, 0.15) is 39.2 Å². The van der Waals surface area contributed by atoms with Gasteiger partial charge in [0.1, 0.15) is 0 Å². The number of carbonyl (C=O) groups excluding carboxylic acids is 1. The molecule has 1 rings (SSSR count). The Hall–Kier alpha value is -0.318. The van der Waals surface area contributed by atoms with Gasteiger partial charge in [0.05, 0.1) is 0 Å². The Kier molecular flexibility index (Phi) is 20.2. The topological polar surface area (TPSA) is 17.1 Å². The van der Waals surface area contributed by atoms with Gasteiger partial charge in [0.25, 0.3) is 0 Å². The van der Waals surface area contributed by atoms with Crippen molar-refractivity contribution in [3.8, 4) is 0 Å². The number of rotatable bonds is 4. The Morgan fingerprint density at radius 2 is 1.76 bits per heavy atom. The molecule has 0 N–H and O–H groups in total. The average Bonchev–Trinajstić information content (AvgIpc) is 2.34. The molecule has 0 spiro atoms. The van der Waals surface area contributed by atoms with E-state index in [1.165, 1.54) is 11.1 Å². The van der Waals surface area contributed by atoms with Crippen molar-refractivity contribution in [2.24, 2.45) is 0 Å². The van der Waals surface area contributed by atoms with E-state index >= 15 is 0 Å². The van der Waals surface area contributed by atoms with Crippen LogP contribution in [-0.4, -0.2) is 6.29 Å². The van der Waals surface area contributed by atoms with E-state index in [9.17, 15) is 4.79 Å². The molecule has 0 bridgehead atoms. The molecule has 0 aliphatic rings. The fraction of sp³-hybridized carbons (Fsp3) is 0.333. The summed E-state index contributed by atoms with van der Waals surface area (Å²) >= 11 is 0. The van der Waals surface area contributed by atoms with Crippen LogP contribution >= 0.6 is 0 Å². The standard InChI is InChI=1S/C12H13O.C2H6.CH3.U/c1-2-11(9-6-10-13)12-7-4-3-5-8-12;1-2;;/h2-5,7-8H,6,9H2,1H3;1-2H3;1H3;/q-1;;-1;+2/b11-2-;;;. The molecule has 0 saturated carbocycles. The molecule has 0 aliphatic carbocycles. The summed E-state index contributed by atoms with van der Waals surface area (Å²) in [5.74, 6) is 0. The minimum Gasteiger partial charge on any atom is -0.542 e. The van der Waals surface area contributed by atoms with Crippen LogP contribution in [-0.2, 0) is 4.79 Å². The molecule has 0 unspecified atom stereocenters. The fourth-order valence-corrected chi connectivity index (χ4v) is 1.29. The summed E-state index contributed by atoms with van der Waals surface area (Å²) in [6, 6.07) is 10.1. The summed E-state index contributed by atoms with van der Waals surface area (Å²) in [5, 5.41) is 0. The number of hydrogen-bond acceptors (Lipinski definition) is 1. The van der Waals surface area contributed by atoms with Crippen molar-refractivity contribution in [1.29, 1.82) is 0 Å². The third-order valence-electron chi connectivity index (χ3n) is 1.99. The van der Waals surface area contributed by atoms with Crippen molar-refractivity contribution in [2.45, 2.75) is 33.6 Å². The van der Waals surface area contributed by atoms with Gasteiger partial charge in [-0.1, -0.05) is 56.7 Å². The predicted octanol–water partition coefficient (Wildman–Crippen LogP) is 4.46. The van der Waals surface area contributed by atoms with Gasteiger partial charge in [-0.25, -0.2) is 0 Å². The summed E-state index contributed by atoms with van der Waals surface area (Å²) < 4.78 is 0. The number of hydrogen-bond donors (Lipinski definition) is 0. The maximum Gasteiger partial charge on any atom is 2.00 e. The van der Waals surface area contributed by atoms with Crippen molar-refractivity contribution in [1.82, 2.24) is 0 Å². The SMILES string of the molecule is C/C=C(/CC[C-]=O)c1ccccc1.CC.[CH3-].[U+2]. The minimum atomic E-state index is 0. The molecular formula is C15H22OU. The van der Waals surface area contributed by atoms with E-state index in [2.05, 4.69) is 12.1 Å². The summed E-state index contributed by atoms with van der Waals surface area (Å²) in [6.45, 7) is 5.99. The van der Waals surface area contributed by atoms with Crippen molar-refractivity contribution < 1.29 is 35.9 Å². The zero-order valence-corrected chi connectivity index (χ0v) is 15.5. The molecule has 1 aromatic carbocycles. The van der Waals surface area contributed by atoms with Crippen LogP contribution in [0.5, 0.6) is 0 Å². The van der Waals surface area contributed by atoms with E-state index in [-0.39, 0.29) is 38.5 Å². The molecule has 1 aromatic rings. The molecule has 0 aliphatic heterocycles. The molecule has 17 heavy (non-hydrogen) atoms. The maximum absolute atomic E-state index is 10.1. The van der Waals surface area contributed by atoms with Gasteiger partial charge in [-0.15, -0.1) is 6.42 Å². The van der Waals surface area contributed by atoms with Gasteiger partial charge in [0, 0.05) is 0 Å². The van der Waals surface area contributed by atoms with Crippen molar-refractivity contribution in [2.75, 3.05) is 0 Å². The number of allylic oxidation sites excluding steroid dienone is 2. The van der Waals surface area contributed by atoms with Gasteiger partial charge in [-0.05, 0) is 18.1 Å². The molecule has 0 saturated heterocycles. The van der Waals surface area contributed by atoms with Crippen LogP contribution in [0.2, 0.25) is 0 Å². The molecule has 1 nitrogen and oxygen atoms in total. The first-order chi connectivity index (χ1) is 7.38. The zero-order chi connectivity index (χ0) is 11.5. The Balaban J connectivity index is -0.000000464. The van der Waals surface area contributed by atoms with Crippen LogP contribution in [0.15, 0.2) is 36.4 Å².